The van der Waals surface area contributed by atoms with Gasteiger partial charge in [0, 0.05) is 20.1 Å². The van der Waals surface area contributed by atoms with Crippen molar-refractivity contribution < 1.29 is 23.7 Å². The quantitative estimate of drug-likeness (QED) is 0.453. The molecule has 2 saturated carbocycles. The van der Waals surface area contributed by atoms with Crippen molar-refractivity contribution in [3.8, 4) is 11.5 Å². The zero-order valence-corrected chi connectivity index (χ0v) is 16.8. The van der Waals surface area contributed by atoms with Gasteiger partial charge in [0.25, 0.3) is 0 Å². The normalized spacial score (nSPS) is 19.1. The summed E-state index contributed by atoms with van der Waals surface area (Å²) in [6.45, 7) is 3.54. The van der Waals surface area contributed by atoms with Crippen LogP contribution in [-0.2, 0) is 20.7 Å². The second-order valence-corrected chi connectivity index (χ2v) is 8.06. The van der Waals surface area contributed by atoms with Crippen LogP contribution in [-0.4, -0.2) is 40.0 Å². The van der Waals surface area contributed by atoms with Crippen LogP contribution in [0.4, 0.5) is 0 Å². The smallest absolute Gasteiger partial charge is 0.312 e. The van der Waals surface area contributed by atoms with E-state index < -0.39 is 0 Å². The summed E-state index contributed by atoms with van der Waals surface area (Å²) in [6, 6.07) is 5.98. The predicted molar refractivity (Wildman–Crippen MR) is 103 cm³/mol. The van der Waals surface area contributed by atoms with Crippen LogP contribution in [0.1, 0.15) is 51.0 Å². The molecule has 0 N–H and O–H groups in total. The van der Waals surface area contributed by atoms with Gasteiger partial charge < -0.3 is 18.9 Å². The first kappa shape index (κ1) is 20.0. The summed E-state index contributed by atoms with van der Waals surface area (Å²) in [7, 11) is 3.33. The maximum atomic E-state index is 12.7. The molecule has 3 rings (SSSR count). The number of hydrogen-bond donors (Lipinski definition) is 0. The van der Waals surface area contributed by atoms with Crippen LogP contribution in [0.5, 0.6) is 11.5 Å². The van der Waals surface area contributed by atoms with Gasteiger partial charge in [0.2, 0.25) is 0 Å². The fraction of sp³-hybridized carbons (Fsp3) is 0.682. The topological polar surface area (TPSA) is 54.0 Å². The number of carbonyl (C=O) groups is 1. The average molecular weight is 376 g/mol. The third-order valence-electron chi connectivity index (χ3n) is 6.07. The van der Waals surface area contributed by atoms with Gasteiger partial charge in [-0.15, -0.1) is 0 Å². The molecule has 1 aromatic rings. The van der Waals surface area contributed by atoms with E-state index >= 15 is 0 Å². The van der Waals surface area contributed by atoms with Crippen LogP contribution in [0.15, 0.2) is 18.2 Å². The largest absolute Gasteiger partial charge is 0.493 e. The lowest BCUT2D eigenvalue weighted by Crippen LogP contribution is -2.56. The van der Waals surface area contributed by atoms with Crippen molar-refractivity contribution in [2.75, 3.05) is 34.0 Å². The molecular weight excluding hydrogens is 344 g/mol. The van der Waals surface area contributed by atoms with Crippen molar-refractivity contribution in [3.05, 3.63) is 23.8 Å². The van der Waals surface area contributed by atoms with Gasteiger partial charge in [-0.05, 0) is 62.1 Å². The molecule has 0 heterocycles. The third-order valence-corrected chi connectivity index (χ3v) is 6.07. The fourth-order valence-electron chi connectivity index (χ4n) is 4.76. The van der Waals surface area contributed by atoms with Crippen molar-refractivity contribution in [1.82, 2.24) is 0 Å². The monoisotopic (exact) mass is 376 g/mol. The molecule has 2 aliphatic rings. The number of methoxy groups -OCH3 is 2. The lowest BCUT2D eigenvalue weighted by atomic mass is 9.44. The van der Waals surface area contributed by atoms with Crippen LogP contribution in [0.3, 0.4) is 0 Å². The van der Waals surface area contributed by atoms with E-state index in [0.29, 0.717) is 37.4 Å². The van der Waals surface area contributed by atoms with Crippen LogP contribution in [0.25, 0.3) is 0 Å². The molecule has 0 saturated heterocycles. The Morgan fingerprint density at radius 2 is 1.89 bits per heavy atom. The average Bonchev–Trinajstić information content (AvgIpc) is 2.60. The van der Waals surface area contributed by atoms with Crippen LogP contribution >= 0.6 is 0 Å². The molecule has 0 aromatic heterocycles. The number of ether oxygens (including phenoxy) is 4. The molecule has 150 valence electrons. The fourth-order valence-corrected chi connectivity index (χ4v) is 4.76. The van der Waals surface area contributed by atoms with Gasteiger partial charge in [0.15, 0.2) is 11.5 Å². The molecule has 1 spiro atoms. The van der Waals surface area contributed by atoms with E-state index in [0.717, 1.165) is 30.6 Å². The molecular formula is C22H32O5. The van der Waals surface area contributed by atoms with Crippen LogP contribution in [0.2, 0.25) is 0 Å². The van der Waals surface area contributed by atoms with E-state index in [4.69, 9.17) is 18.9 Å². The number of carbonyl (C=O) groups excluding carboxylic acids is 1. The third kappa shape index (κ3) is 4.23. The number of benzene rings is 1. The van der Waals surface area contributed by atoms with Crippen molar-refractivity contribution in [2.45, 2.75) is 51.9 Å². The molecule has 27 heavy (non-hydrogen) atoms. The minimum absolute atomic E-state index is 0.0408. The molecule has 0 amide bonds. The highest BCUT2D eigenvalue weighted by molar-refractivity contribution is 5.79. The zero-order chi connectivity index (χ0) is 19.3. The van der Waals surface area contributed by atoms with E-state index in [1.807, 2.05) is 25.1 Å². The van der Waals surface area contributed by atoms with Gasteiger partial charge in [-0.1, -0.05) is 12.5 Å². The lowest BCUT2D eigenvalue weighted by molar-refractivity contribution is -0.180. The van der Waals surface area contributed by atoms with Crippen LogP contribution in [0, 0.1) is 10.8 Å². The summed E-state index contributed by atoms with van der Waals surface area (Å²) in [5.74, 6) is 1.40. The Balaban J connectivity index is 1.72. The maximum absolute atomic E-state index is 12.7. The number of rotatable bonds is 10. The van der Waals surface area contributed by atoms with Crippen molar-refractivity contribution >= 4 is 5.97 Å². The predicted octanol–water partition coefficient (Wildman–Crippen LogP) is 4.17. The summed E-state index contributed by atoms with van der Waals surface area (Å²) < 4.78 is 21.8. The molecule has 2 aliphatic carbocycles. The van der Waals surface area contributed by atoms with E-state index in [9.17, 15) is 4.79 Å². The first-order valence-corrected chi connectivity index (χ1v) is 10.0. The van der Waals surface area contributed by atoms with Crippen LogP contribution < -0.4 is 9.47 Å². The molecule has 0 bridgehead atoms. The summed E-state index contributed by atoms with van der Waals surface area (Å²) in [4.78, 5) is 12.7. The SMILES string of the molecule is CCOC(=O)C1(Cc2ccc(OC)c(OCCCOC)c2)CC2(CCC2)C1. The maximum Gasteiger partial charge on any atom is 0.312 e. The Hall–Kier alpha value is -1.75. The zero-order valence-electron chi connectivity index (χ0n) is 16.8. The Bertz CT molecular complexity index is 642. The second-order valence-electron chi connectivity index (χ2n) is 8.06. The Labute approximate surface area is 162 Å². The van der Waals surface area contributed by atoms with Gasteiger partial charge >= 0.3 is 5.97 Å². The standard InChI is InChI=1S/C22H32O5/c1-4-26-20(23)22(15-21(16-22)9-5-10-21)14-17-7-8-18(25-3)19(13-17)27-12-6-11-24-2/h7-8,13H,4-6,9-12,14-16H2,1-3H3. The Morgan fingerprint density at radius 1 is 1.11 bits per heavy atom. The van der Waals surface area contributed by atoms with Crippen molar-refractivity contribution in [2.24, 2.45) is 10.8 Å². The van der Waals surface area contributed by atoms with E-state index in [2.05, 4.69) is 0 Å². The van der Waals surface area contributed by atoms with Gasteiger partial charge in [-0.25, -0.2) is 0 Å². The molecule has 5 heteroatoms. The van der Waals surface area contributed by atoms with Gasteiger partial charge in [-0.3, -0.25) is 4.79 Å². The van der Waals surface area contributed by atoms with Gasteiger partial charge in [0.1, 0.15) is 0 Å². The molecule has 5 nitrogen and oxygen atoms in total. The van der Waals surface area contributed by atoms with Gasteiger partial charge in [-0.2, -0.15) is 0 Å². The van der Waals surface area contributed by atoms with Crippen molar-refractivity contribution in [3.63, 3.8) is 0 Å². The second kappa shape index (κ2) is 8.51. The molecule has 0 radical (unpaired) electrons. The Kier molecular flexibility index (Phi) is 6.30. The number of hydrogen-bond acceptors (Lipinski definition) is 5. The lowest BCUT2D eigenvalue weighted by Gasteiger charge is -2.59. The minimum atomic E-state index is -0.377. The molecule has 0 aliphatic heterocycles. The number of esters is 1. The molecule has 0 atom stereocenters. The summed E-state index contributed by atoms with van der Waals surface area (Å²) in [5.41, 5.74) is 1.12. The highest BCUT2D eigenvalue weighted by Crippen LogP contribution is 2.65. The van der Waals surface area contributed by atoms with E-state index in [1.54, 1.807) is 14.2 Å². The molecule has 2 fully saturated rings. The Morgan fingerprint density at radius 3 is 2.48 bits per heavy atom. The molecule has 0 unspecified atom stereocenters. The summed E-state index contributed by atoms with van der Waals surface area (Å²) in [5, 5.41) is 0. The minimum Gasteiger partial charge on any atom is -0.493 e. The highest BCUT2D eigenvalue weighted by atomic mass is 16.5. The molecule has 1 aromatic carbocycles. The van der Waals surface area contributed by atoms with Crippen molar-refractivity contribution in [1.29, 1.82) is 0 Å². The summed E-state index contributed by atoms with van der Waals surface area (Å²) in [6.07, 6.45) is 7.23. The van der Waals surface area contributed by atoms with Gasteiger partial charge in [0.05, 0.1) is 25.7 Å². The summed E-state index contributed by atoms with van der Waals surface area (Å²) >= 11 is 0. The first-order chi connectivity index (χ1) is 13.1. The van der Waals surface area contributed by atoms with E-state index in [1.165, 1.54) is 19.3 Å². The van der Waals surface area contributed by atoms with E-state index in [-0.39, 0.29) is 11.4 Å². The first-order valence-electron chi connectivity index (χ1n) is 10.0. The highest BCUT2D eigenvalue weighted by Gasteiger charge is 2.61.